The first kappa shape index (κ1) is 12.6. The van der Waals surface area contributed by atoms with Crippen LogP contribution < -0.4 is 5.73 Å². The highest BCUT2D eigenvalue weighted by molar-refractivity contribution is 7.89. The summed E-state index contributed by atoms with van der Waals surface area (Å²) in [7, 11) is -3.44. The van der Waals surface area contributed by atoms with Gasteiger partial charge in [-0.2, -0.15) is 4.31 Å². The second-order valence-corrected chi connectivity index (χ2v) is 6.63. The summed E-state index contributed by atoms with van der Waals surface area (Å²) >= 11 is 0. The minimum absolute atomic E-state index is 0.0519. The molecule has 100 valence electrons. The molecule has 1 aliphatic heterocycles. The third-order valence-electron chi connectivity index (χ3n) is 3.70. The molecule has 0 saturated carbocycles. The van der Waals surface area contributed by atoms with Crippen LogP contribution in [0, 0.1) is 0 Å². The molecule has 0 bridgehead atoms. The van der Waals surface area contributed by atoms with E-state index in [1.165, 1.54) is 4.31 Å². The van der Waals surface area contributed by atoms with Crippen LogP contribution in [0.3, 0.4) is 0 Å². The number of nitrogens with two attached hydrogens (primary N) is 1. The highest BCUT2D eigenvalue weighted by Gasteiger charge is 2.38. The van der Waals surface area contributed by atoms with Crippen LogP contribution in [0.5, 0.6) is 0 Å². The molecule has 1 atom stereocenters. The van der Waals surface area contributed by atoms with Crippen molar-refractivity contribution in [2.24, 2.45) is 5.73 Å². The van der Waals surface area contributed by atoms with Gasteiger partial charge in [0.1, 0.15) is 0 Å². The zero-order valence-corrected chi connectivity index (χ0v) is 11.3. The molecular weight excluding hydrogens is 260 g/mol. The van der Waals surface area contributed by atoms with E-state index in [2.05, 4.69) is 0 Å². The van der Waals surface area contributed by atoms with Crippen LogP contribution in [0.15, 0.2) is 47.4 Å². The largest absolute Gasteiger partial charge is 0.329 e. The maximum atomic E-state index is 12.7. The molecule has 2 N–H and O–H groups in total. The Bertz CT molecular complexity index is 705. The van der Waals surface area contributed by atoms with Crippen molar-refractivity contribution in [1.29, 1.82) is 0 Å². The van der Waals surface area contributed by atoms with Gasteiger partial charge >= 0.3 is 0 Å². The summed E-state index contributed by atoms with van der Waals surface area (Å²) in [6.45, 7) is 0.942. The summed E-state index contributed by atoms with van der Waals surface area (Å²) in [6, 6.07) is 12.9. The van der Waals surface area contributed by atoms with Crippen molar-refractivity contribution in [2.45, 2.75) is 17.4 Å². The highest BCUT2D eigenvalue weighted by Crippen LogP contribution is 2.30. The Morgan fingerprint density at radius 3 is 2.58 bits per heavy atom. The average Bonchev–Trinajstić information content (AvgIpc) is 2.37. The number of hydrogen-bond donors (Lipinski definition) is 1. The van der Waals surface area contributed by atoms with E-state index in [-0.39, 0.29) is 6.04 Å². The smallest absolute Gasteiger partial charge is 0.243 e. The molecule has 2 aromatic carbocycles. The summed E-state index contributed by atoms with van der Waals surface area (Å²) in [5.74, 6) is 0. The molecule has 1 unspecified atom stereocenters. The third-order valence-corrected chi connectivity index (χ3v) is 5.71. The third kappa shape index (κ3) is 1.94. The minimum Gasteiger partial charge on any atom is -0.329 e. The monoisotopic (exact) mass is 276 g/mol. The Kier molecular flexibility index (Phi) is 3.05. The molecule has 1 fully saturated rings. The maximum absolute atomic E-state index is 12.7. The second-order valence-electron chi connectivity index (χ2n) is 4.77. The molecule has 1 heterocycles. The lowest BCUT2D eigenvalue weighted by Crippen LogP contribution is -2.54. The normalized spacial score (nSPS) is 20.4. The predicted octanol–water partition coefficient (Wildman–Crippen LogP) is 1.56. The van der Waals surface area contributed by atoms with E-state index in [0.29, 0.717) is 18.0 Å². The number of sulfonamides is 1. The van der Waals surface area contributed by atoms with E-state index >= 15 is 0 Å². The summed E-state index contributed by atoms with van der Waals surface area (Å²) < 4.78 is 26.8. The van der Waals surface area contributed by atoms with Gasteiger partial charge in [0.2, 0.25) is 10.0 Å². The molecule has 19 heavy (non-hydrogen) atoms. The SMILES string of the molecule is NCC1CCN1S(=O)(=O)c1cccc2ccccc12. The summed E-state index contributed by atoms with van der Waals surface area (Å²) in [6.07, 6.45) is 0.848. The van der Waals surface area contributed by atoms with Crippen LogP contribution in [0.25, 0.3) is 10.8 Å². The number of fused-ring (bicyclic) bond motifs is 1. The zero-order valence-electron chi connectivity index (χ0n) is 10.5. The van der Waals surface area contributed by atoms with Crippen molar-refractivity contribution < 1.29 is 8.42 Å². The lowest BCUT2D eigenvalue weighted by atomic mass is 10.1. The molecule has 1 aliphatic rings. The van der Waals surface area contributed by atoms with Gasteiger partial charge in [0.15, 0.2) is 0 Å². The lowest BCUT2D eigenvalue weighted by Gasteiger charge is -2.39. The molecule has 0 amide bonds. The minimum atomic E-state index is -3.44. The van der Waals surface area contributed by atoms with Crippen LogP contribution >= 0.6 is 0 Å². The first-order valence-corrected chi connectivity index (χ1v) is 7.78. The van der Waals surface area contributed by atoms with E-state index < -0.39 is 10.0 Å². The van der Waals surface area contributed by atoms with E-state index in [1.807, 2.05) is 30.3 Å². The Balaban J connectivity index is 2.14. The quantitative estimate of drug-likeness (QED) is 0.925. The van der Waals surface area contributed by atoms with Gasteiger partial charge in [-0.05, 0) is 17.9 Å². The van der Waals surface area contributed by atoms with E-state index in [1.54, 1.807) is 12.1 Å². The first-order chi connectivity index (χ1) is 9.14. The van der Waals surface area contributed by atoms with Crippen LogP contribution in [0.2, 0.25) is 0 Å². The average molecular weight is 276 g/mol. The number of nitrogens with zero attached hydrogens (tertiary/aromatic N) is 1. The van der Waals surface area contributed by atoms with Crippen molar-refractivity contribution >= 4 is 20.8 Å². The van der Waals surface area contributed by atoms with Gasteiger partial charge in [0, 0.05) is 24.5 Å². The van der Waals surface area contributed by atoms with E-state index in [9.17, 15) is 8.42 Å². The van der Waals surface area contributed by atoms with Gasteiger partial charge in [-0.1, -0.05) is 36.4 Å². The molecule has 2 aromatic rings. The maximum Gasteiger partial charge on any atom is 0.243 e. The van der Waals surface area contributed by atoms with Crippen molar-refractivity contribution in [3.63, 3.8) is 0 Å². The van der Waals surface area contributed by atoms with E-state index in [4.69, 9.17) is 5.73 Å². The first-order valence-electron chi connectivity index (χ1n) is 6.34. The standard InChI is InChI=1S/C14H16N2O2S/c15-10-12-8-9-16(12)19(17,18)14-7-3-5-11-4-1-2-6-13(11)14/h1-7,12H,8-10,15H2. The second kappa shape index (κ2) is 4.59. The van der Waals surface area contributed by atoms with Crippen molar-refractivity contribution in [1.82, 2.24) is 4.31 Å². The number of benzene rings is 2. The fourth-order valence-electron chi connectivity index (χ4n) is 2.52. The fraction of sp³-hybridized carbons (Fsp3) is 0.286. The van der Waals surface area contributed by atoms with Crippen LogP contribution in [-0.4, -0.2) is 31.9 Å². The van der Waals surface area contributed by atoms with Crippen molar-refractivity contribution in [3.05, 3.63) is 42.5 Å². The number of hydrogen-bond acceptors (Lipinski definition) is 3. The Morgan fingerprint density at radius 1 is 1.16 bits per heavy atom. The Hall–Kier alpha value is -1.43. The zero-order chi connectivity index (χ0) is 13.5. The van der Waals surface area contributed by atoms with Crippen LogP contribution in [-0.2, 0) is 10.0 Å². The molecule has 0 aromatic heterocycles. The molecular formula is C14H16N2O2S. The molecule has 0 radical (unpaired) electrons. The topological polar surface area (TPSA) is 63.4 Å². The van der Waals surface area contributed by atoms with Crippen molar-refractivity contribution in [3.8, 4) is 0 Å². The lowest BCUT2D eigenvalue weighted by molar-refractivity contribution is 0.206. The molecule has 3 rings (SSSR count). The fourth-order valence-corrected chi connectivity index (χ4v) is 4.41. The van der Waals surface area contributed by atoms with Gasteiger partial charge < -0.3 is 5.73 Å². The van der Waals surface area contributed by atoms with Gasteiger partial charge in [-0.3, -0.25) is 0 Å². The molecule has 4 nitrogen and oxygen atoms in total. The van der Waals surface area contributed by atoms with Crippen molar-refractivity contribution in [2.75, 3.05) is 13.1 Å². The molecule has 5 heteroatoms. The Labute approximate surface area is 112 Å². The summed E-state index contributed by atoms with van der Waals surface area (Å²) in [5.41, 5.74) is 5.61. The van der Waals surface area contributed by atoms with Gasteiger partial charge in [0.05, 0.1) is 4.90 Å². The summed E-state index contributed by atoms with van der Waals surface area (Å²) in [4.78, 5) is 0.378. The Morgan fingerprint density at radius 2 is 1.89 bits per heavy atom. The van der Waals surface area contributed by atoms with E-state index in [0.717, 1.165) is 17.2 Å². The number of rotatable bonds is 3. The molecule has 0 aliphatic carbocycles. The van der Waals surface area contributed by atoms with Crippen LogP contribution in [0.1, 0.15) is 6.42 Å². The highest BCUT2D eigenvalue weighted by atomic mass is 32.2. The van der Waals surface area contributed by atoms with Gasteiger partial charge in [-0.15, -0.1) is 0 Å². The summed E-state index contributed by atoms with van der Waals surface area (Å²) in [5, 5.41) is 1.71. The van der Waals surface area contributed by atoms with Gasteiger partial charge in [0.25, 0.3) is 0 Å². The van der Waals surface area contributed by atoms with Gasteiger partial charge in [-0.25, -0.2) is 8.42 Å². The van der Waals surface area contributed by atoms with Crippen LogP contribution in [0.4, 0.5) is 0 Å². The molecule has 1 saturated heterocycles. The predicted molar refractivity (Wildman–Crippen MR) is 75.3 cm³/mol. The molecule has 0 spiro atoms.